The second kappa shape index (κ2) is 5.55. The second-order valence-corrected chi connectivity index (χ2v) is 6.05. The van der Waals surface area contributed by atoms with Crippen molar-refractivity contribution in [3.05, 3.63) is 29.6 Å². The zero-order valence-electron chi connectivity index (χ0n) is 12.7. The summed E-state index contributed by atoms with van der Waals surface area (Å²) in [7, 11) is 0. The number of amides is 1. The molecule has 1 aromatic carbocycles. The SMILES string of the molecule is CCOC1CC(N)(C(=O)Nc2cc(F)c(F)c(F)c2)C1(C)C. The van der Waals surface area contributed by atoms with Crippen LogP contribution in [0.15, 0.2) is 12.1 Å². The molecule has 2 rings (SSSR count). The van der Waals surface area contributed by atoms with E-state index in [9.17, 15) is 18.0 Å². The number of benzene rings is 1. The minimum atomic E-state index is -1.58. The highest BCUT2D eigenvalue weighted by atomic mass is 19.2. The Morgan fingerprint density at radius 2 is 1.91 bits per heavy atom. The highest BCUT2D eigenvalue weighted by Gasteiger charge is 2.62. The maximum atomic E-state index is 13.2. The number of hydrogen-bond donors (Lipinski definition) is 2. The number of nitrogens with two attached hydrogens (primary N) is 1. The van der Waals surface area contributed by atoms with Crippen LogP contribution in [0, 0.1) is 22.9 Å². The molecule has 1 aliphatic rings. The van der Waals surface area contributed by atoms with Crippen LogP contribution in [0.5, 0.6) is 0 Å². The van der Waals surface area contributed by atoms with Crippen molar-refractivity contribution in [2.45, 2.75) is 38.8 Å². The van der Waals surface area contributed by atoms with E-state index in [1.165, 1.54) is 0 Å². The number of carbonyl (C=O) groups excluding carboxylic acids is 1. The van der Waals surface area contributed by atoms with Crippen molar-refractivity contribution in [3.63, 3.8) is 0 Å². The number of carbonyl (C=O) groups is 1. The molecule has 0 heterocycles. The van der Waals surface area contributed by atoms with Crippen LogP contribution in [-0.4, -0.2) is 24.2 Å². The fraction of sp³-hybridized carbons (Fsp3) is 0.533. The Morgan fingerprint density at radius 3 is 2.36 bits per heavy atom. The molecule has 0 bridgehead atoms. The summed E-state index contributed by atoms with van der Waals surface area (Å²) in [6.45, 7) is 5.93. The highest BCUT2D eigenvalue weighted by Crippen LogP contribution is 2.50. The summed E-state index contributed by atoms with van der Waals surface area (Å²) >= 11 is 0. The largest absolute Gasteiger partial charge is 0.378 e. The molecule has 4 nitrogen and oxygen atoms in total. The van der Waals surface area contributed by atoms with E-state index in [-0.39, 0.29) is 11.8 Å². The Kier molecular flexibility index (Phi) is 4.23. The molecule has 1 aromatic rings. The Bertz CT molecular complexity index is 583. The van der Waals surface area contributed by atoms with Crippen LogP contribution in [0.3, 0.4) is 0 Å². The molecule has 2 atom stereocenters. The van der Waals surface area contributed by atoms with Crippen molar-refractivity contribution in [1.82, 2.24) is 0 Å². The number of nitrogens with one attached hydrogen (secondary N) is 1. The topological polar surface area (TPSA) is 64.3 Å². The molecule has 3 N–H and O–H groups in total. The van der Waals surface area contributed by atoms with Gasteiger partial charge in [-0.2, -0.15) is 0 Å². The molecular formula is C15H19F3N2O2. The number of halogens is 3. The predicted molar refractivity (Wildman–Crippen MR) is 75.7 cm³/mol. The van der Waals surface area contributed by atoms with Gasteiger partial charge in [-0.1, -0.05) is 13.8 Å². The van der Waals surface area contributed by atoms with E-state index in [0.717, 1.165) is 0 Å². The minimum Gasteiger partial charge on any atom is -0.378 e. The number of ether oxygens (including phenoxy) is 1. The van der Waals surface area contributed by atoms with Crippen molar-refractivity contribution >= 4 is 11.6 Å². The van der Waals surface area contributed by atoms with Gasteiger partial charge in [0, 0.05) is 36.3 Å². The average molecular weight is 316 g/mol. The Balaban J connectivity index is 2.16. The first kappa shape index (κ1) is 16.8. The smallest absolute Gasteiger partial charge is 0.245 e. The molecule has 22 heavy (non-hydrogen) atoms. The lowest BCUT2D eigenvalue weighted by atomic mass is 9.54. The number of hydrogen-bond acceptors (Lipinski definition) is 3. The lowest BCUT2D eigenvalue weighted by molar-refractivity contribution is -0.166. The van der Waals surface area contributed by atoms with Crippen LogP contribution in [-0.2, 0) is 9.53 Å². The molecule has 0 aromatic heterocycles. The summed E-state index contributed by atoms with van der Waals surface area (Å²) in [6.07, 6.45) is 0.126. The van der Waals surface area contributed by atoms with Gasteiger partial charge in [0.05, 0.1) is 6.10 Å². The van der Waals surface area contributed by atoms with Crippen LogP contribution in [0.2, 0.25) is 0 Å². The minimum absolute atomic E-state index is 0.171. The summed E-state index contributed by atoms with van der Waals surface area (Å²) in [6, 6.07) is 1.43. The summed E-state index contributed by atoms with van der Waals surface area (Å²) in [5, 5.41) is 2.35. The molecule has 0 spiro atoms. The van der Waals surface area contributed by atoms with Gasteiger partial charge in [-0.15, -0.1) is 0 Å². The monoisotopic (exact) mass is 316 g/mol. The molecular weight excluding hydrogens is 297 g/mol. The predicted octanol–water partition coefficient (Wildman–Crippen LogP) is 2.57. The Morgan fingerprint density at radius 1 is 1.36 bits per heavy atom. The molecule has 1 amide bonds. The van der Waals surface area contributed by atoms with E-state index in [0.29, 0.717) is 25.2 Å². The standard InChI is InChI=1S/C15H19F3N2O2/c1-4-22-11-7-15(19,14(11,2)3)13(21)20-8-5-9(16)12(18)10(17)6-8/h5-6,11H,4,7,19H2,1-3H3,(H,20,21). The summed E-state index contributed by atoms with van der Waals surface area (Å²) in [4.78, 5) is 12.4. The first-order valence-corrected chi connectivity index (χ1v) is 7.00. The quantitative estimate of drug-likeness (QED) is 0.839. The zero-order valence-corrected chi connectivity index (χ0v) is 12.7. The molecule has 2 unspecified atom stereocenters. The van der Waals surface area contributed by atoms with Gasteiger partial charge in [-0.25, -0.2) is 13.2 Å². The van der Waals surface area contributed by atoms with Crippen LogP contribution < -0.4 is 11.1 Å². The molecule has 7 heteroatoms. The van der Waals surface area contributed by atoms with Crippen LogP contribution >= 0.6 is 0 Å². The first-order valence-electron chi connectivity index (χ1n) is 7.00. The summed E-state index contributed by atoms with van der Waals surface area (Å²) in [5.41, 5.74) is 4.10. The normalized spacial score (nSPS) is 26.4. The van der Waals surface area contributed by atoms with Gasteiger partial charge < -0.3 is 15.8 Å². The van der Waals surface area contributed by atoms with Gasteiger partial charge >= 0.3 is 0 Å². The van der Waals surface area contributed by atoms with Gasteiger partial charge in [-0.3, -0.25) is 4.79 Å². The molecule has 1 fully saturated rings. The van der Waals surface area contributed by atoms with E-state index >= 15 is 0 Å². The fourth-order valence-electron chi connectivity index (χ4n) is 2.69. The Hall–Kier alpha value is -1.60. The van der Waals surface area contributed by atoms with E-state index in [1.54, 1.807) is 13.8 Å². The van der Waals surface area contributed by atoms with Crippen molar-refractivity contribution in [2.24, 2.45) is 11.1 Å². The van der Waals surface area contributed by atoms with Crippen LogP contribution in [0.25, 0.3) is 0 Å². The van der Waals surface area contributed by atoms with Crippen molar-refractivity contribution in [2.75, 3.05) is 11.9 Å². The molecule has 122 valence electrons. The van der Waals surface area contributed by atoms with Crippen molar-refractivity contribution in [3.8, 4) is 0 Å². The lowest BCUT2D eigenvalue weighted by Crippen LogP contribution is -2.74. The van der Waals surface area contributed by atoms with Gasteiger partial charge in [-0.05, 0) is 6.92 Å². The molecule has 1 aliphatic carbocycles. The van der Waals surface area contributed by atoms with E-state index in [2.05, 4.69) is 5.32 Å². The third-order valence-corrected chi connectivity index (χ3v) is 4.48. The number of anilines is 1. The second-order valence-electron chi connectivity index (χ2n) is 6.05. The fourth-order valence-corrected chi connectivity index (χ4v) is 2.69. The zero-order chi connectivity index (χ0) is 16.7. The third-order valence-electron chi connectivity index (χ3n) is 4.48. The van der Waals surface area contributed by atoms with Gasteiger partial charge in [0.25, 0.3) is 0 Å². The van der Waals surface area contributed by atoms with Crippen molar-refractivity contribution in [1.29, 1.82) is 0 Å². The lowest BCUT2D eigenvalue weighted by Gasteiger charge is -2.57. The molecule has 0 saturated heterocycles. The Labute approximate surface area is 126 Å². The van der Waals surface area contributed by atoms with Gasteiger partial charge in [0.1, 0.15) is 5.54 Å². The van der Waals surface area contributed by atoms with Crippen LogP contribution in [0.4, 0.5) is 18.9 Å². The maximum absolute atomic E-state index is 13.2. The average Bonchev–Trinajstić information content (AvgIpc) is 2.44. The maximum Gasteiger partial charge on any atom is 0.245 e. The van der Waals surface area contributed by atoms with E-state index in [1.807, 2.05) is 6.92 Å². The third kappa shape index (κ3) is 2.48. The molecule has 1 saturated carbocycles. The van der Waals surface area contributed by atoms with E-state index < -0.39 is 34.3 Å². The van der Waals surface area contributed by atoms with Gasteiger partial charge in [0.15, 0.2) is 17.5 Å². The first-order chi connectivity index (χ1) is 10.1. The summed E-state index contributed by atoms with van der Waals surface area (Å²) < 4.78 is 44.8. The van der Waals surface area contributed by atoms with Gasteiger partial charge in [0.2, 0.25) is 5.91 Å². The van der Waals surface area contributed by atoms with E-state index in [4.69, 9.17) is 10.5 Å². The highest BCUT2D eigenvalue weighted by molar-refractivity contribution is 5.99. The molecule has 0 aliphatic heterocycles. The van der Waals surface area contributed by atoms with Crippen LogP contribution in [0.1, 0.15) is 27.2 Å². The van der Waals surface area contributed by atoms with Crippen molar-refractivity contribution < 1.29 is 22.7 Å². The summed E-state index contributed by atoms with van der Waals surface area (Å²) in [5.74, 6) is -4.91. The molecule has 0 radical (unpaired) electrons. The number of rotatable bonds is 4.